The standard InChI is InChI=1S/C37H40F8O2/c1-2-3-4-5-22-6-8-23(9-7-22)25-12-15-29(31(38)16-25)24-10-13-27(14-11-24)47-37(44,45)26-17-32(39)30(33(40)18-26)21-46-28-19-34(41)36(43)35(42)20-28/h12,15-20,22-24,27H,2-11,13-14,21H2,1H3. The largest absolute Gasteiger partial charge is 0.488 e. The van der Waals surface area contributed by atoms with Crippen LogP contribution in [0, 0.1) is 40.8 Å². The summed E-state index contributed by atoms with van der Waals surface area (Å²) in [4.78, 5) is 0. The molecule has 2 fully saturated rings. The van der Waals surface area contributed by atoms with E-state index in [9.17, 15) is 22.0 Å². The molecule has 0 bridgehead atoms. The molecule has 2 aliphatic rings. The summed E-state index contributed by atoms with van der Waals surface area (Å²) in [6.45, 7) is 1.32. The van der Waals surface area contributed by atoms with Crippen LogP contribution in [0.2, 0.25) is 0 Å². The molecule has 0 radical (unpaired) electrons. The lowest BCUT2D eigenvalue weighted by atomic mass is 9.76. The second kappa shape index (κ2) is 15.4. The van der Waals surface area contributed by atoms with E-state index < -0.39 is 64.8 Å². The first-order valence-corrected chi connectivity index (χ1v) is 16.6. The Kier molecular flexibility index (Phi) is 11.5. The molecule has 0 amide bonds. The third-order valence-electron chi connectivity index (χ3n) is 9.80. The van der Waals surface area contributed by atoms with E-state index in [2.05, 4.69) is 6.92 Å². The summed E-state index contributed by atoms with van der Waals surface area (Å²) in [6.07, 6.45) is 5.85. The molecule has 2 aliphatic carbocycles. The predicted octanol–water partition coefficient (Wildman–Crippen LogP) is 11.7. The van der Waals surface area contributed by atoms with E-state index in [0.717, 1.165) is 24.3 Å². The minimum atomic E-state index is -4.02. The van der Waals surface area contributed by atoms with Gasteiger partial charge in [0.25, 0.3) is 0 Å². The smallest absolute Gasteiger partial charge is 0.383 e. The molecule has 0 saturated heterocycles. The van der Waals surface area contributed by atoms with Crippen LogP contribution in [-0.4, -0.2) is 6.10 Å². The van der Waals surface area contributed by atoms with Gasteiger partial charge >= 0.3 is 6.11 Å². The number of rotatable bonds is 12. The molecule has 47 heavy (non-hydrogen) atoms. The van der Waals surface area contributed by atoms with Gasteiger partial charge in [0.05, 0.1) is 17.2 Å². The van der Waals surface area contributed by atoms with Gasteiger partial charge in [-0.3, -0.25) is 0 Å². The van der Waals surface area contributed by atoms with Gasteiger partial charge in [0.15, 0.2) is 17.5 Å². The van der Waals surface area contributed by atoms with Crippen LogP contribution in [0.25, 0.3) is 0 Å². The zero-order chi connectivity index (χ0) is 33.7. The summed E-state index contributed by atoms with van der Waals surface area (Å²) in [6, 6.07) is 7.28. The van der Waals surface area contributed by atoms with E-state index in [-0.39, 0.29) is 24.6 Å². The highest BCUT2D eigenvalue weighted by Crippen LogP contribution is 2.42. The maximum atomic E-state index is 15.3. The predicted molar refractivity (Wildman–Crippen MR) is 162 cm³/mol. The molecule has 5 rings (SSSR count). The first-order valence-electron chi connectivity index (χ1n) is 16.6. The Morgan fingerprint density at radius 3 is 1.89 bits per heavy atom. The first kappa shape index (κ1) is 35.2. The summed E-state index contributed by atoms with van der Waals surface area (Å²) in [7, 11) is 0. The van der Waals surface area contributed by atoms with E-state index in [1.807, 2.05) is 12.1 Å². The highest BCUT2D eigenvalue weighted by Gasteiger charge is 2.39. The minimum Gasteiger partial charge on any atom is -0.488 e. The summed E-state index contributed by atoms with van der Waals surface area (Å²) in [5.74, 6) is -7.47. The second-order valence-corrected chi connectivity index (χ2v) is 13.0. The van der Waals surface area contributed by atoms with Crippen LogP contribution in [0.1, 0.15) is 118 Å². The van der Waals surface area contributed by atoms with Gasteiger partial charge in [-0.15, -0.1) is 0 Å². The van der Waals surface area contributed by atoms with Crippen molar-refractivity contribution in [2.75, 3.05) is 0 Å². The van der Waals surface area contributed by atoms with Gasteiger partial charge in [-0.1, -0.05) is 44.7 Å². The van der Waals surface area contributed by atoms with Crippen molar-refractivity contribution in [1.82, 2.24) is 0 Å². The fourth-order valence-corrected chi connectivity index (χ4v) is 7.04. The van der Waals surface area contributed by atoms with Gasteiger partial charge in [0.1, 0.15) is 29.8 Å². The van der Waals surface area contributed by atoms with Crippen LogP contribution in [0.5, 0.6) is 5.75 Å². The number of ether oxygens (including phenoxy) is 2. The van der Waals surface area contributed by atoms with Crippen molar-refractivity contribution in [1.29, 1.82) is 0 Å². The molecule has 0 heterocycles. The van der Waals surface area contributed by atoms with Gasteiger partial charge in [-0.2, -0.15) is 8.78 Å². The maximum Gasteiger partial charge on any atom is 0.383 e. The fourth-order valence-electron chi connectivity index (χ4n) is 7.04. The molecule has 3 aromatic carbocycles. The van der Waals surface area contributed by atoms with Crippen LogP contribution in [0.3, 0.4) is 0 Å². The monoisotopic (exact) mass is 668 g/mol. The van der Waals surface area contributed by atoms with Crippen molar-refractivity contribution in [2.45, 2.75) is 115 Å². The van der Waals surface area contributed by atoms with Crippen LogP contribution in [-0.2, 0) is 17.5 Å². The van der Waals surface area contributed by atoms with E-state index in [0.29, 0.717) is 48.6 Å². The molecule has 256 valence electrons. The third-order valence-corrected chi connectivity index (χ3v) is 9.80. The molecule has 2 saturated carbocycles. The Bertz CT molecular complexity index is 1460. The normalized spacial score (nSPS) is 22.0. The molecule has 0 spiro atoms. The van der Waals surface area contributed by atoms with Crippen molar-refractivity contribution in [3.8, 4) is 5.75 Å². The number of unbranched alkanes of at least 4 members (excludes halogenated alkanes) is 2. The van der Waals surface area contributed by atoms with Crippen LogP contribution < -0.4 is 4.74 Å². The number of halogens is 8. The SMILES string of the molecule is CCCCCC1CCC(c2ccc(C3CCC(OC(F)(F)c4cc(F)c(COc5cc(F)c(F)c(F)c5)c(F)c4)CC3)c(F)c2)CC1. The lowest BCUT2D eigenvalue weighted by Crippen LogP contribution is -2.30. The molecule has 0 aromatic heterocycles. The minimum absolute atomic E-state index is 0.149. The van der Waals surface area contributed by atoms with Gasteiger partial charge in [-0.25, -0.2) is 26.3 Å². The molecular formula is C37H40F8O2. The zero-order valence-electron chi connectivity index (χ0n) is 26.4. The quantitative estimate of drug-likeness (QED) is 0.109. The number of hydrogen-bond acceptors (Lipinski definition) is 2. The summed E-state index contributed by atoms with van der Waals surface area (Å²) >= 11 is 0. The molecule has 2 nitrogen and oxygen atoms in total. The van der Waals surface area contributed by atoms with Crippen LogP contribution >= 0.6 is 0 Å². The average Bonchev–Trinajstić information content (AvgIpc) is 3.04. The zero-order valence-corrected chi connectivity index (χ0v) is 26.4. The Hall–Kier alpha value is -3.14. The highest BCUT2D eigenvalue weighted by atomic mass is 19.3. The van der Waals surface area contributed by atoms with Gasteiger partial charge in [-0.05, 0) is 98.4 Å². The molecule has 3 aromatic rings. The van der Waals surface area contributed by atoms with Gasteiger partial charge in [0.2, 0.25) is 0 Å². The van der Waals surface area contributed by atoms with E-state index in [1.54, 1.807) is 6.07 Å². The van der Waals surface area contributed by atoms with E-state index >= 15 is 13.2 Å². The van der Waals surface area contributed by atoms with Crippen LogP contribution in [0.15, 0.2) is 42.5 Å². The maximum absolute atomic E-state index is 15.3. The third kappa shape index (κ3) is 8.67. The van der Waals surface area contributed by atoms with Gasteiger partial charge in [0, 0.05) is 12.1 Å². The Balaban J connectivity index is 1.14. The van der Waals surface area contributed by atoms with Crippen molar-refractivity contribution in [2.24, 2.45) is 5.92 Å². The van der Waals surface area contributed by atoms with E-state index in [4.69, 9.17) is 9.47 Å². The van der Waals surface area contributed by atoms with Gasteiger partial charge < -0.3 is 9.47 Å². The summed E-state index contributed by atoms with van der Waals surface area (Å²) in [5, 5.41) is 0. The van der Waals surface area contributed by atoms with Crippen molar-refractivity contribution < 1.29 is 44.6 Å². The Morgan fingerprint density at radius 1 is 0.681 bits per heavy atom. The van der Waals surface area contributed by atoms with Crippen molar-refractivity contribution in [3.63, 3.8) is 0 Å². The lowest BCUT2D eigenvalue weighted by molar-refractivity contribution is -0.277. The molecule has 0 N–H and O–H groups in total. The number of hydrogen-bond donors (Lipinski definition) is 0. The highest BCUT2D eigenvalue weighted by molar-refractivity contribution is 5.31. The first-order chi connectivity index (χ1) is 22.4. The Labute approximate surface area is 270 Å². The van der Waals surface area contributed by atoms with Crippen molar-refractivity contribution in [3.05, 3.63) is 99.6 Å². The molecule has 0 atom stereocenters. The fraction of sp³-hybridized carbons (Fsp3) is 0.514. The second-order valence-electron chi connectivity index (χ2n) is 13.0. The summed E-state index contributed by atoms with van der Waals surface area (Å²) < 4.78 is 125. The molecular weight excluding hydrogens is 628 g/mol. The number of alkyl halides is 2. The van der Waals surface area contributed by atoms with E-state index in [1.165, 1.54) is 38.5 Å². The molecule has 0 aliphatic heterocycles. The molecule has 0 unspecified atom stereocenters. The average molecular weight is 669 g/mol. The number of benzene rings is 3. The Morgan fingerprint density at radius 2 is 1.30 bits per heavy atom. The summed E-state index contributed by atoms with van der Waals surface area (Å²) in [5.41, 5.74) is -0.224. The lowest BCUT2D eigenvalue weighted by Gasteiger charge is -2.32. The molecule has 10 heteroatoms. The van der Waals surface area contributed by atoms with Crippen molar-refractivity contribution >= 4 is 0 Å². The van der Waals surface area contributed by atoms with Crippen LogP contribution in [0.4, 0.5) is 35.1 Å². The topological polar surface area (TPSA) is 18.5 Å².